The van der Waals surface area contributed by atoms with Gasteiger partial charge in [-0.1, -0.05) is 6.42 Å². The van der Waals surface area contributed by atoms with Crippen molar-refractivity contribution in [1.82, 2.24) is 19.6 Å². The molecule has 0 saturated carbocycles. The molecule has 2 aliphatic heterocycles. The smallest absolute Gasteiger partial charge is 0.225 e. The molecule has 2 fully saturated rings. The predicted octanol–water partition coefficient (Wildman–Crippen LogP) is 2.70. The summed E-state index contributed by atoms with van der Waals surface area (Å²) >= 11 is 0. The van der Waals surface area contributed by atoms with Gasteiger partial charge in [-0.05, 0) is 70.6 Å². The molecule has 5 nitrogen and oxygen atoms in total. The van der Waals surface area contributed by atoms with Crippen molar-refractivity contribution in [3.05, 3.63) is 18.0 Å². The highest BCUT2D eigenvalue weighted by Gasteiger charge is 2.29. The Kier molecular flexibility index (Phi) is 6.30. The number of aromatic nitrogens is 2. The molecule has 3 heterocycles. The Bertz CT molecular complexity index is 513. The van der Waals surface area contributed by atoms with Gasteiger partial charge in [-0.15, -0.1) is 0 Å². The zero-order valence-electron chi connectivity index (χ0n) is 15.1. The van der Waals surface area contributed by atoms with Crippen molar-refractivity contribution < 1.29 is 4.79 Å². The van der Waals surface area contributed by atoms with Gasteiger partial charge in [0.1, 0.15) is 0 Å². The Morgan fingerprint density at radius 2 is 1.79 bits per heavy atom. The van der Waals surface area contributed by atoms with Crippen molar-refractivity contribution in [2.45, 2.75) is 58.4 Å². The van der Waals surface area contributed by atoms with Gasteiger partial charge in [0.25, 0.3) is 0 Å². The lowest BCUT2D eigenvalue weighted by molar-refractivity contribution is -0.135. The van der Waals surface area contributed by atoms with E-state index in [0.29, 0.717) is 11.8 Å². The van der Waals surface area contributed by atoms with Gasteiger partial charge in [0.05, 0.1) is 6.20 Å². The molecule has 0 spiro atoms. The van der Waals surface area contributed by atoms with Gasteiger partial charge in [0, 0.05) is 31.7 Å². The molecule has 0 aliphatic carbocycles. The van der Waals surface area contributed by atoms with Gasteiger partial charge >= 0.3 is 0 Å². The Morgan fingerprint density at radius 1 is 1.08 bits per heavy atom. The third kappa shape index (κ3) is 4.82. The lowest BCUT2D eigenvalue weighted by Gasteiger charge is -2.33. The molecule has 1 aromatic rings. The summed E-state index contributed by atoms with van der Waals surface area (Å²) in [5.74, 6) is 0.726. The SMILES string of the molecule is Cc1cnn(CCCCCN2CCC(C(=O)N3CCCC3)CC2)c1. The van der Waals surface area contributed by atoms with E-state index in [0.717, 1.165) is 45.6 Å². The molecular weight excluding hydrogens is 300 g/mol. The van der Waals surface area contributed by atoms with Crippen LogP contribution in [0.3, 0.4) is 0 Å². The minimum Gasteiger partial charge on any atom is -0.342 e. The van der Waals surface area contributed by atoms with Gasteiger partial charge in [-0.3, -0.25) is 9.48 Å². The number of aryl methyl sites for hydroxylation is 2. The molecule has 0 N–H and O–H groups in total. The molecule has 0 aromatic carbocycles. The van der Waals surface area contributed by atoms with Crippen LogP contribution in [0.25, 0.3) is 0 Å². The topological polar surface area (TPSA) is 41.4 Å². The van der Waals surface area contributed by atoms with Crippen LogP contribution in [0.4, 0.5) is 0 Å². The van der Waals surface area contributed by atoms with Crippen molar-refractivity contribution in [2.75, 3.05) is 32.7 Å². The van der Waals surface area contributed by atoms with E-state index in [4.69, 9.17) is 0 Å². The van der Waals surface area contributed by atoms with E-state index in [1.165, 1.54) is 44.2 Å². The first-order valence-corrected chi connectivity index (χ1v) is 9.72. The summed E-state index contributed by atoms with van der Waals surface area (Å²) in [6.45, 7) is 8.49. The van der Waals surface area contributed by atoms with E-state index in [1.54, 1.807) is 0 Å². The van der Waals surface area contributed by atoms with Gasteiger partial charge in [0.2, 0.25) is 5.91 Å². The van der Waals surface area contributed by atoms with E-state index >= 15 is 0 Å². The number of amides is 1. The van der Waals surface area contributed by atoms with Crippen molar-refractivity contribution in [2.24, 2.45) is 5.92 Å². The number of unbranched alkanes of at least 4 members (excludes halogenated alkanes) is 2. The van der Waals surface area contributed by atoms with Gasteiger partial charge in [0.15, 0.2) is 0 Å². The Morgan fingerprint density at radius 3 is 2.46 bits per heavy atom. The molecule has 24 heavy (non-hydrogen) atoms. The number of likely N-dealkylation sites (tertiary alicyclic amines) is 2. The number of hydrogen-bond acceptors (Lipinski definition) is 3. The van der Waals surface area contributed by atoms with Gasteiger partial charge in [-0.25, -0.2) is 0 Å². The lowest BCUT2D eigenvalue weighted by Crippen LogP contribution is -2.41. The molecular formula is C19H32N4O. The second-order valence-electron chi connectivity index (χ2n) is 7.49. The van der Waals surface area contributed by atoms with E-state index in [9.17, 15) is 4.79 Å². The highest BCUT2D eigenvalue weighted by atomic mass is 16.2. The third-order valence-corrected chi connectivity index (χ3v) is 5.48. The van der Waals surface area contributed by atoms with E-state index in [2.05, 4.69) is 28.0 Å². The minimum atomic E-state index is 0.294. The molecule has 134 valence electrons. The minimum absolute atomic E-state index is 0.294. The normalized spacial score (nSPS) is 20.0. The molecule has 2 saturated heterocycles. The second kappa shape index (κ2) is 8.65. The highest BCUT2D eigenvalue weighted by molar-refractivity contribution is 5.79. The quantitative estimate of drug-likeness (QED) is 0.721. The fraction of sp³-hybridized carbons (Fsp3) is 0.789. The summed E-state index contributed by atoms with van der Waals surface area (Å²) in [7, 11) is 0. The summed E-state index contributed by atoms with van der Waals surface area (Å²) in [4.78, 5) is 17.1. The average Bonchev–Trinajstić information content (AvgIpc) is 3.26. The van der Waals surface area contributed by atoms with Gasteiger partial charge < -0.3 is 9.80 Å². The molecule has 3 rings (SSSR count). The van der Waals surface area contributed by atoms with Crippen molar-refractivity contribution >= 4 is 5.91 Å². The highest BCUT2D eigenvalue weighted by Crippen LogP contribution is 2.22. The number of nitrogens with zero attached hydrogens (tertiary/aromatic N) is 4. The number of carbonyl (C=O) groups is 1. The van der Waals surface area contributed by atoms with Crippen LogP contribution >= 0.6 is 0 Å². The summed E-state index contributed by atoms with van der Waals surface area (Å²) in [5, 5.41) is 4.33. The molecule has 1 amide bonds. The van der Waals surface area contributed by atoms with Crippen LogP contribution in [-0.2, 0) is 11.3 Å². The van der Waals surface area contributed by atoms with Crippen molar-refractivity contribution in [3.8, 4) is 0 Å². The predicted molar refractivity (Wildman–Crippen MR) is 95.8 cm³/mol. The van der Waals surface area contributed by atoms with Crippen molar-refractivity contribution in [1.29, 1.82) is 0 Å². The Balaban J connectivity index is 1.26. The molecule has 5 heteroatoms. The number of rotatable bonds is 7. The largest absolute Gasteiger partial charge is 0.342 e. The summed E-state index contributed by atoms with van der Waals surface area (Å²) in [6.07, 6.45) is 12.3. The van der Waals surface area contributed by atoms with Crippen LogP contribution in [0.2, 0.25) is 0 Å². The van der Waals surface area contributed by atoms with Crippen LogP contribution in [0, 0.1) is 12.8 Å². The van der Waals surface area contributed by atoms with Crippen LogP contribution in [0.1, 0.15) is 50.5 Å². The molecule has 2 aliphatic rings. The summed E-state index contributed by atoms with van der Waals surface area (Å²) < 4.78 is 2.05. The van der Waals surface area contributed by atoms with Crippen molar-refractivity contribution in [3.63, 3.8) is 0 Å². The fourth-order valence-electron chi connectivity index (χ4n) is 3.97. The fourth-order valence-corrected chi connectivity index (χ4v) is 3.97. The monoisotopic (exact) mass is 332 g/mol. The molecule has 1 aromatic heterocycles. The van der Waals surface area contributed by atoms with E-state index in [1.807, 2.05) is 10.9 Å². The maximum Gasteiger partial charge on any atom is 0.225 e. The first kappa shape index (κ1) is 17.5. The Labute approximate surface area is 146 Å². The van der Waals surface area contributed by atoms with E-state index < -0.39 is 0 Å². The van der Waals surface area contributed by atoms with Crippen LogP contribution in [0.5, 0.6) is 0 Å². The second-order valence-corrected chi connectivity index (χ2v) is 7.49. The van der Waals surface area contributed by atoms with E-state index in [-0.39, 0.29) is 0 Å². The zero-order chi connectivity index (χ0) is 16.8. The summed E-state index contributed by atoms with van der Waals surface area (Å²) in [6, 6.07) is 0. The van der Waals surface area contributed by atoms with Crippen LogP contribution in [-0.4, -0.2) is 58.2 Å². The first-order chi connectivity index (χ1) is 11.7. The standard InChI is InChI=1S/C19H32N4O/c1-17-15-20-23(16-17)12-4-2-3-9-21-13-7-18(8-14-21)19(24)22-10-5-6-11-22/h15-16,18H,2-14H2,1H3. The molecule has 0 atom stereocenters. The number of hydrogen-bond donors (Lipinski definition) is 0. The van der Waals surface area contributed by atoms with Crippen LogP contribution in [0.15, 0.2) is 12.4 Å². The average molecular weight is 332 g/mol. The van der Waals surface area contributed by atoms with Gasteiger partial charge in [-0.2, -0.15) is 5.10 Å². The van der Waals surface area contributed by atoms with Crippen LogP contribution < -0.4 is 0 Å². The number of piperidine rings is 1. The molecule has 0 unspecified atom stereocenters. The first-order valence-electron chi connectivity index (χ1n) is 9.72. The third-order valence-electron chi connectivity index (χ3n) is 5.48. The zero-order valence-corrected chi connectivity index (χ0v) is 15.1. The molecule has 0 radical (unpaired) electrons. The maximum atomic E-state index is 12.4. The lowest BCUT2D eigenvalue weighted by atomic mass is 9.95. The number of carbonyl (C=O) groups excluding carboxylic acids is 1. The molecule has 0 bridgehead atoms. The maximum absolute atomic E-state index is 12.4. The Hall–Kier alpha value is -1.36. The summed E-state index contributed by atoms with van der Waals surface area (Å²) in [5.41, 5.74) is 1.24.